The van der Waals surface area contributed by atoms with Crippen LogP contribution in [0.4, 0.5) is 17.1 Å². The van der Waals surface area contributed by atoms with Crippen LogP contribution in [0.15, 0.2) is 243 Å². The molecule has 1 aromatic heterocycles. The van der Waals surface area contributed by atoms with E-state index < -0.39 is 0 Å². The van der Waals surface area contributed by atoms with Crippen molar-refractivity contribution in [2.24, 2.45) is 0 Å². The molecule has 2 heteroatoms. The molecule has 1 heterocycles. The second-order valence-corrected chi connectivity index (χ2v) is 15.3. The van der Waals surface area contributed by atoms with Crippen LogP contribution in [0.1, 0.15) is 0 Å². The Morgan fingerprint density at radius 2 is 0.717 bits per heavy atom. The fourth-order valence-electron chi connectivity index (χ4n) is 8.87. The van der Waals surface area contributed by atoms with Crippen LogP contribution in [0.25, 0.3) is 82.8 Å². The second-order valence-electron chi connectivity index (χ2n) is 15.3. The molecule has 0 aliphatic heterocycles. The third-order valence-corrected chi connectivity index (χ3v) is 11.8. The number of fused-ring (bicyclic) bond motifs is 4. The summed E-state index contributed by atoms with van der Waals surface area (Å²) in [6, 6.07) is 87.7. The number of aromatic nitrogens is 1. The maximum absolute atomic E-state index is 2.39. The summed E-state index contributed by atoms with van der Waals surface area (Å²) in [6.45, 7) is 0. The van der Waals surface area contributed by atoms with E-state index in [0.29, 0.717) is 0 Å². The fraction of sp³-hybridized carbons (Fsp3) is 0. The molecule has 0 N–H and O–H groups in total. The lowest BCUT2D eigenvalue weighted by atomic mass is 9.94. The number of anilines is 3. The van der Waals surface area contributed by atoms with Gasteiger partial charge in [-0.3, -0.25) is 0 Å². The summed E-state index contributed by atoms with van der Waals surface area (Å²) in [7, 11) is 0. The van der Waals surface area contributed by atoms with E-state index in [-0.39, 0.29) is 0 Å². The van der Waals surface area contributed by atoms with Gasteiger partial charge in [0.1, 0.15) is 0 Å². The number of hydrogen-bond acceptors (Lipinski definition) is 1. The lowest BCUT2D eigenvalue weighted by Crippen LogP contribution is -2.10. The predicted molar refractivity (Wildman–Crippen MR) is 255 cm³/mol. The Balaban J connectivity index is 0.944. The van der Waals surface area contributed by atoms with Gasteiger partial charge in [-0.2, -0.15) is 0 Å². The van der Waals surface area contributed by atoms with Crippen molar-refractivity contribution < 1.29 is 0 Å². The minimum absolute atomic E-state index is 1.11. The summed E-state index contributed by atoms with van der Waals surface area (Å²) >= 11 is 0. The molecule has 11 aromatic rings. The molecular weight excluding hydrogens is 725 g/mol. The Hall–Kier alpha value is -7.94. The molecule has 0 saturated heterocycles. The molecule has 0 spiro atoms. The molecule has 11 rings (SSSR count). The summed E-state index contributed by atoms with van der Waals surface area (Å²) in [5.74, 6) is 0. The van der Waals surface area contributed by atoms with Crippen LogP contribution < -0.4 is 4.90 Å². The first kappa shape index (κ1) is 35.2. The van der Waals surface area contributed by atoms with Crippen molar-refractivity contribution >= 4 is 49.6 Å². The predicted octanol–water partition coefficient (Wildman–Crippen LogP) is 16.1. The number of para-hydroxylation sites is 2. The lowest BCUT2D eigenvalue weighted by molar-refractivity contribution is 1.18. The zero-order chi connectivity index (χ0) is 39.8. The number of benzene rings is 10. The van der Waals surface area contributed by atoms with Crippen molar-refractivity contribution in [1.29, 1.82) is 0 Å². The van der Waals surface area contributed by atoms with E-state index in [0.717, 1.165) is 22.7 Å². The van der Waals surface area contributed by atoms with Gasteiger partial charge in [-0.05, 0) is 111 Å². The zero-order valence-electron chi connectivity index (χ0n) is 33.0. The van der Waals surface area contributed by atoms with Gasteiger partial charge in [-0.1, -0.05) is 182 Å². The highest BCUT2D eigenvalue weighted by atomic mass is 15.1. The third-order valence-electron chi connectivity index (χ3n) is 11.8. The van der Waals surface area contributed by atoms with Crippen molar-refractivity contribution in [3.05, 3.63) is 243 Å². The van der Waals surface area contributed by atoms with Gasteiger partial charge in [-0.25, -0.2) is 0 Å². The molecule has 0 fully saturated rings. The SMILES string of the molecule is c1ccc(-c2ccc(N(c3ccccc3)c3ccc(-c4ccc(-c5ccc6c(c5)c5ccccc5n6-c5ccc(-c6ccccc6)cc5)cc4)c4ccccc34)cc2)cc1. The average Bonchev–Trinajstić information content (AvgIpc) is 3.66. The Morgan fingerprint density at radius 1 is 0.267 bits per heavy atom. The average molecular weight is 765 g/mol. The first-order valence-electron chi connectivity index (χ1n) is 20.6. The van der Waals surface area contributed by atoms with Gasteiger partial charge in [0.2, 0.25) is 0 Å². The molecule has 0 atom stereocenters. The molecule has 2 nitrogen and oxygen atoms in total. The van der Waals surface area contributed by atoms with E-state index >= 15 is 0 Å². The van der Waals surface area contributed by atoms with Crippen molar-refractivity contribution in [1.82, 2.24) is 4.57 Å². The highest BCUT2D eigenvalue weighted by Crippen LogP contribution is 2.43. The maximum Gasteiger partial charge on any atom is 0.0541 e. The van der Waals surface area contributed by atoms with Gasteiger partial charge in [0.25, 0.3) is 0 Å². The molecule has 60 heavy (non-hydrogen) atoms. The van der Waals surface area contributed by atoms with E-state index in [1.165, 1.54) is 77.1 Å². The van der Waals surface area contributed by atoms with Crippen molar-refractivity contribution in [2.75, 3.05) is 4.90 Å². The molecule has 0 bridgehead atoms. The summed E-state index contributed by atoms with van der Waals surface area (Å²) in [5.41, 5.74) is 16.6. The minimum atomic E-state index is 1.11. The Morgan fingerprint density at radius 3 is 1.38 bits per heavy atom. The van der Waals surface area contributed by atoms with Crippen molar-refractivity contribution in [2.45, 2.75) is 0 Å². The molecular formula is C58H40N2. The summed E-state index contributed by atoms with van der Waals surface area (Å²) < 4.78 is 2.39. The van der Waals surface area contributed by atoms with Crippen LogP contribution >= 0.6 is 0 Å². The molecule has 0 radical (unpaired) electrons. The van der Waals surface area contributed by atoms with Crippen molar-refractivity contribution in [3.8, 4) is 50.2 Å². The molecule has 0 amide bonds. The van der Waals surface area contributed by atoms with Crippen LogP contribution in [-0.4, -0.2) is 4.57 Å². The number of rotatable bonds is 8. The number of hydrogen-bond donors (Lipinski definition) is 0. The van der Waals surface area contributed by atoms with Crippen molar-refractivity contribution in [3.63, 3.8) is 0 Å². The Kier molecular flexibility index (Phi) is 8.87. The second kappa shape index (κ2) is 15.1. The first-order valence-corrected chi connectivity index (χ1v) is 20.6. The Labute approximate surface area is 350 Å². The quantitative estimate of drug-likeness (QED) is 0.150. The summed E-state index contributed by atoms with van der Waals surface area (Å²) in [5, 5.41) is 4.92. The largest absolute Gasteiger partial charge is 0.310 e. The monoisotopic (exact) mass is 764 g/mol. The van der Waals surface area contributed by atoms with E-state index in [1.54, 1.807) is 0 Å². The van der Waals surface area contributed by atoms with Gasteiger partial charge in [0.05, 0.1) is 16.7 Å². The highest BCUT2D eigenvalue weighted by molar-refractivity contribution is 6.11. The van der Waals surface area contributed by atoms with Crippen LogP contribution in [0.5, 0.6) is 0 Å². The number of nitrogens with zero attached hydrogens (tertiary/aromatic N) is 2. The molecule has 0 saturated carbocycles. The summed E-state index contributed by atoms with van der Waals surface area (Å²) in [6.07, 6.45) is 0. The fourth-order valence-corrected chi connectivity index (χ4v) is 8.87. The van der Waals surface area contributed by atoms with Gasteiger partial charge in [0, 0.05) is 33.2 Å². The molecule has 0 unspecified atom stereocenters. The maximum atomic E-state index is 2.39. The summed E-state index contributed by atoms with van der Waals surface area (Å²) in [4.78, 5) is 2.37. The zero-order valence-corrected chi connectivity index (χ0v) is 33.0. The standard InChI is InChI=1S/C58H40N2/c1-4-14-41(15-5-1)43-28-33-49(34-29-43)59(48-18-8-3-9-19-48)57-39-37-51(52-20-10-11-21-53(52)57)46-26-24-45(25-27-46)47-32-38-58-55(40-47)54-22-12-13-23-56(54)60(58)50-35-30-44(31-36-50)42-16-6-2-7-17-42/h1-40H. The van der Waals surface area contributed by atoms with Gasteiger partial charge >= 0.3 is 0 Å². The van der Waals surface area contributed by atoms with E-state index in [2.05, 4.69) is 252 Å². The van der Waals surface area contributed by atoms with Crippen LogP contribution in [-0.2, 0) is 0 Å². The van der Waals surface area contributed by atoms with E-state index in [4.69, 9.17) is 0 Å². The van der Waals surface area contributed by atoms with Crippen LogP contribution in [0.3, 0.4) is 0 Å². The topological polar surface area (TPSA) is 8.17 Å². The highest BCUT2D eigenvalue weighted by Gasteiger charge is 2.18. The normalized spacial score (nSPS) is 11.3. The molecule has 0 aliphatic carbocycles. The van der Waals surface area contributed by atoms with Gasteiger partial charge in [0.15, 0.2) is 0 Å². The Bertz CT molecular complexity index is 3260. The lowest BCUT2D eigenvalue weighted by Gasteiger charge is -2.27. The first-order chi connectivity index (χ1) is 29.8. The van der Waals surface area contributed by atoms with Crippen LogP contribution in [0, 0.1) is 0 Å². The molecule has 0 aliphatic rings. The van der Waals surface area contributed by atoms with Gasteiger partial charge < -0.3 is 9.47 Å². The molecule has 282 valence electrons. The molecule has 10 aromatic carbocycles. The van der Waals surface area contributed by atoms with E-state index in [9.17, 15) is 0 Å². The smallest absolute Gasteiger partial charge is 0.0541 e. The third kappa shape index (κ3) is 6.32. The van der Waals surface area contributed by atoms with Crippen LogP contribution in [0.2, 0.25) is 0 Å². The van der Waals surface area contributed by atoms with E-state index in [1.807, 2.05) is 0 Å². The minimum Gasteiger partial charge on any atom is -0.310 e. The van der Waals surface area contributed by atoms with Gasteiger partial charge in [-0.15, -0.1) is 0 Å².